The van der Waals surface area contributed by atoms with Crippen molar-refractivity contribution in [1.82, 2.24) is 9.88 Å². The van der Waals surface area contributed by atoms with E-state index in [1.807, 2.05) is 24.6 Å². The molecular weight excluding hydrogens is 226 g/mol. The summed E-state index contributed by atoms with van der Waals surface area (Å²) in [5.74, 6) is 0.719. The first kappa shape index (κ1) is 13.0. The summed E-state index contributed by atoms with van der Waals surface area (Å²) in [6.45, 7) is 6.34. The molecule has 2 rings (SSSR count). The van der Waals surface area contributed by atoms with Crippen LogP contribution in [0.2, 0.25) is 0 Å². The van der Waals surface area contributed by atoms with Gasteiger partial charge in [-0.3, -0.25) is 4.79 Å². The summed E-state index contributed by atoms with van der Waals surface area (Å²) in [5, 5.41) is 3.12. The van der Waals surface area contributed by atoms with Gasteiger partial charge >= 0.3 is 0 Å². The number of carbonyl (C=O) groups is 1. The largest absolute Gasteiger partial charge is 0.397 e. The molecule has 0 bridgehead atoms. The van der Waals surface area contributed by atoms with Gasteiger partial charge in [0.05, 0.1) is 5.69 Å². The highest BCUT2D eigenvalue weighted by molar-refractivity contribution is 5.94. The third-order valence-corrected chi connectivity index (χ3v) is 3.69. The summed E-state index contributed by atoms with van der Waals surface area (Å²) in [7, 11) is 0. The number of nitrogens with two attached hydrogens (primary N) is 1. The Balaban J connectivity index is 2.09. The Bertz CT molecular complexity index is 436. The molecule has 0 aliphatic heterocycles. The van der Waals surface area contributed by atoms with E-state index < -0.39 is 0 Å². The van der Waals surface area contributed by atoms with Crippen LogP contribution in [0.3, 0.4) is 0 Å². The standard InChI is InChI=1S/C14H23N3O/c1-9(2)17-8-11(15)7-13(17)14(18)16-12-5-4-10(3)6-12/h7-10,12H,4-6,15H2,1-3H3,(H,16,18). The lowest BCUT2D eigenvalue weighted by Crippen LogP contribution is -2.34. The molecule has 100 valence electrons. The fourth-order valence-corrected chi connectivity index (χ4v) is 2.71. The molecule has 1 saturated carbocycles. The summed E-state index contributed by atoms with van der Waals surface area (Å²) in [6.07, 6.45) is 5.21. The number of aromatic nitrogens is 1. The molecule has 2 atom stereocenters. The minimum atomic E-state index is -0.000463. The topological polar surface area (TPSA) is 60.1 Å². The highest BCUT2D eigenvalue weighted by atomic mass is 16.2. The summed E-state index contributed by atoms with van der Waals surface area (Å²) < 4.78 is 1.93. The van der Waals surface area contributed by atoms with Crippen LogP contribution < -0.4 is 11.1 Å². The van der Waals surface area contributed by atoms with Crippen molar-refractivity contribution in [2.45, 2.75) is 52.1 Å². The molecule has 4 heteroatoms. The second-order valence-electron chi connectivity index (χ2n) is 5.75. The second-order valence-corrected chi connectivity index (χ2v) is 5.75. The van der Waals surface area contributed by atoms with Gasteiger partial charge in [0.2, 0.25) is 0 Å². The van der Waals surface area contributed by atoms with Gasteiger partial charge in [0, 0.05) is 18.3 Å². The Kier molecular flexibility index (Phi) is 3.64. The van der Waals surface area contributed by atoms with Crippen LogP contribution >= 0.6 is 0 Å². The monoisotopic (exact) mass is 249 g/mol. The van der Waals surface area contributed by atoms with Crippen LogP contribution in [-0.2, 0) is 0 Å². The second kappa shape index (κ2) is 5.04. The summed E-state index contributed by atoms with van der Waals surface area (Å²) >= 11 is 0. The zero-order valence-corrected chi connectivity index (χ0v) is 11.4. The van der Waals surface area contributed by atoms with Crippen LogP contribution in [0, 0.1) is 5.92 Å². The molecular formula is C14H23N3O. The van der Waals surface area contributed by atoms with Gasteiger partial charge < -0.3 is 15.6 Å². The van der Waals surface area contributed by atoms with Crippen molar-refractivity contribution < 1.29 is 4.79 Å². The summed E-state index contributed by atoms with van der Waals surface area (Å²) in [4.78, 5) is 12.3. The number of hydrogen-bond acceptors (Lipinski definition) is 2. The summed E-state index contributed by atoms with van der Waals surface area (Å²) in [5.41, 5.74) is 7.10. The molecule has 1 aromatic heterocycles. The van der Waals surface area contributed by atoms with E-state index in [1.54, 1.807) is 6.07 Å². The maximum Gasteiger partial charge on any atom is 0.268 e. The van der Waals surface area contributed by atoms with Crippen LogP contribution in [0.4, 0.5) is 5.69 Å². The number of amides is 1. The summed E-state index contributed by atoms with van der Waals surface area (Å²) in [6, 6.07) is 2.32. The fraction of sp³-hybridized carbons (Fsp3) is 0.643. The average Bonchev–Trinajstić information content (AvgIpc) is 2.85. The van der Waals surface area contributed by atoms with E-state index in [0.717, 1.165) is 18.8 Å². The van der Waals surface area contributed by atoms with Crippen molar-refractivity contribution >= 4 is 11.6 Å². The van der Waals surface area contributed by atoms with Crippen molar-refractivity contribution in [3.05, 3.63) is 18.0 Å². The average molecular weight is 249 g/mol. The van der Waals surface area contributed by atoms with Crippen molar-refractivity contribution in [1.29, 1.82) is 0 Å². The first-order chi connectivity index (χ1) is 8.47. The number of nitrogen functional groups attached to an aromatic ring is 1. The highest BCUT2D eigenvalue weighted by Crippen LogP contribution is 2.25. The van der Waals surface area contributed by atoms with E-state index in [4.69, 9.17) is 5.73 Å². The minimum Gasteiger partial charge on any atom is -0.397 e. The van der Waals surface area contributed by atoms with Gasteiger partial charge in [-0.1, -0.05) is 6.92 Å². The molecule has 3 N–H and O–H groups in total. The number of anilines is 1. The lowest BCUT2D eigenvalue weighted by molar-refractivity contribution is 0.0926. The van der Waals surface area contributed by atoms with Crippen molar-refractivity contribution in [2.75, 3.05) is 5.73 Å². The molecule has 0 spiro atoms. The number of nitrogens with zero attached hydrogens (tertiary/aromatic N) is 1. The predicted molar refractivity (Wildman–Crippen MR) is 73.5 cm³/mol. The number of carbonyl (C=O) groups excluding carboxylic acids is 1. The van der Waals surface area contributed by atoms with E-state index in [-0.39, 0.29) is 11.9 Å². The van der Waals surface area contributed by atoms with Gasteiger partial charge in [0.25, 0.3) is 5.91 Å². The van der Waals surface area contributed by atoms with Crippen molar-refractivity contribution in [3.8, 4) is 0 Å². The normalized spacial score (nSPS) is 23.6. The van der Waals surface area contributed by atoms with E-state index in [0.29, 0.717) is 17.4 Å². The number of hydrogen-bond donors (Lipinski definition) is 2. The molecule has 2 unspecified atom stereocenters. The lowest BCUT2D eigenvalue weighted by atomic mass is 10.1. The van der Waals surface area contributed by atoms with Crippen LogP contribution in [0.5, 0.6) is 0 Å². The number of nitrogens with one attached hydrogen (secondary N) is 1. The van der Waals surface area contributed by atoms with Crippen LogP contribution in [0.1, 0.15) is 56.6 Å². The molecule has 0 radical (unpaired) electrons. The molecule has 1 aromatic rings. The lowest BCUT2D eigenvalue weighted by Gasteiger charge is -2.16. The van der Waals surface area contributed by atoms with Gasteiger partial charge in [-0.15, -0.1) is 0 Å². The maximum absolute atomic E-state index is 12.3. The van der Waals surface area contributed by atoms with Crippen LogP contribution in [0.25, 0.3) is 0 Å². The first-order valence-electron chi connectivity index (χ1n) is 6.75. The molecule has 0 aromatic carbocycles. The van der Waals surface area contributed by atoms with E-state index >= 15 is 0 Å². The van der Waals surface area contributed by atoms with E-state index in [9.17, 15) is 4.79 Å². The minimum absolute atomic E-state index is 0.000463. The Morgan fingerprint density at radius 2 is 2.22 bits per heavy atom. The molecule has 0 saturated heterocycles. The molecule has 1 aliphatic carbocycles. The molecule has 1 fully saturated rings. The zero-order chi connectivity index (χ0) is 13.3. The van der Waals surface area contributed by atoms with E-state index in [2.05, 4.69) is 12.2 Å². The zero-order valence-electron chi connectivity index (χ0n) is 11.4. The molecule has 1 amide bonds. The first-order valence-corrected chi connectivity index (χ1v) is 6.75. The highest BCUT2D eigenvalue weighted by Gasteiger charge is 2.24. The maximum atomic E-state index is 12.3. The Morgan fingerprint density at radius 1 is 1.50 bits per heavy atom. The van der Waals surface area contributed by atoms with Gasteiger partial charge in [0.1, 0.15) is 5.69 Å². The van der Waals surface area contributed by atoms with Crippen LogP contribution in [-0.4, -0.2) is 16.5 Å². The van der Waals surface area contributed by atoms with Gasteiger partial charge in [-0.25, -0.2) is 0 Å². The van der Waals surface area contributed by atoms with Crippen molar-refractivity contribution in [3.63, 3.8) is 0 Å². The smallest absolute Gasteiger partial charge is 0.268 e. The van der Waals surface area contributed by atoms with Gasteiger partial charge in [0.15, 0.2) is 0 Å². The van der Waals surface area contributed by atoms with Crippen molar-refractivity contribution in [2.24, 2.45) is 5.92 Å². The molecule has 1 heterocycles. The van der Waals surface area contributed by atoms with E-state index in [1.165, 1.54) is 6.42 Å². The third kappa shape index (κ3) is 2.68. The SMILES string of the molecule is CC1CCC(NC(=O)c2cc(N)cn2C(C)C)C1. The Labute approximate surface area is 109 Å². The Morgan fingerprint density at radius 3 is 2.78 bits per heavy atom. The third-order valence-electron chi connectivity index (χ3n) is 3.69. The van der Waals surface area contributed by atoms with Gasteiger partial charge in [-0.05, 0) is 45.1 Å². The Hall–Kier alpha value is -1.45. The quantitative estimate of drug-likeness (QED) is 0.865. The van der Waals surface area contributed by atoms with Gasteiger partial charge in [-0.2, -0.15) is 0 Å². The fourth-order valence-electron chi connectivity index (χ4n) is 2.71. The molecule has 18 heavy (non-hydrogen) atoms. The van der Waals surface area contributed by atoms with Crippen LogP contribution in [0.15, 0.2) is 12.3 Å². The molecule has 4 nitrogen and oxygen atoms in total. The predicted octanol–water partition coefficient (Wildman–Crippen LogP) is 2.57. The molecule has 1 aliphatic rings. The number of rotatable bonds is 3.